The van der Waals surface area contributed by atoms with Crippen molar-refractivity contribution in [3.8, 4) is 0 Å². The molecule has 0 bridgehead atoms. The first kappa shape index (κ1) is 13.7. The minimum Gasteiger partial charge on any atom is -0.391 e. The van der Waals surface area contributed by atoms with Crippen LogP contribution in [0.1, 0.15) is 13.3 Å². The fraction of sp³-hybridized carbons (Fsp3) is 0.545. The maximum Gasteiger partial charge on any atom is 0.182 e. The molecule has 2 aromatic heterocycles. The van der Waals surface area contributed by atoms with Gasteiger partial charge in [0.1, 0.15) is 11.8 Å². The number of nitrogen functional groups attached to an aromatic ring is 1. The van der Waals surface area contributed by atoms with E-state index in [-0.39, 0.29) is 18.2 Å². The first-order valence-electron chi connectivity index (χ1n) is 6.02. The predicted octanol–water partition coefficient (Wildman–Crippen LogP) is -0.581. The third kappa shape index (κ3) is 3.37. The standard InChI is InChI=1S/C6H13NO2.C5H5N5/c1-4-6(7)2-5(8)3-9-4;6-4-3-5(9-1-7-3)10-2-8-4/h4-6,8H,2-3,7H2,1H3;1-2H,(H3,6,7,8,9,10)/t4-,5+,6?;/m0./s1. The quantitative estimate of drug-likeness (QED) is 0.500. The molecule has 0 aromatic carbocycles. The van der Waals surface area contributed by atoms with E-state index < -0.39 is 0 Å². The lowest BCUT2D eigenvalue weighted by Gasteiger charge is -2.29. The largest absolute Gasteiger partial charge is 0.391 e. The molecule has 1 aliphatic rings. The van der Waals surface area contributed by atoms with E-state index >= 15 is 0 Å². The van der Waals surface area contributed by atoms with Crippen LogP contribution >= 0.6 is 0 Å². The second-order valence-electron chi connectivity index (χ2n) is 4.45. The highest BCUT2D eigenvalue weighted by Gasteiger charge is 2.23. The van der Waals surface area contributed by atoms with Crippen LogP contribution in [0.25, 0.3) is 11.2 Å². The highest BCUT2D eigenvalue weighted by molar-refractivity contribution is 5.80. The maximum absolute atomic E-state index is 8.99. The number of imidazole rings is 1. The van der Waals surface area contributed by atoms with Crippen LogP contribution in [0, 0.1) is 0 Å². The summed E-state index contributed by atoms with van der Waals surface area (Å²) in [5.41, 5.74) is 12.4. The number of hydrogen-bond acceptors (Lipinski definition) is 7. The summed E-state index contributed by atoms with van der Waals surface area (Å²) >= 11 is 0. The average Bonchev–Trinajstić information content (AvgIpc) is 2.85. The second-order valence-corrected chi connectivity index (χ2v) is 4.45. The molecule has 0 saturated carbocycles. The van der Waals surface area contributed by atoms with Gasteiger partial charge in [0.15, 0.2) is 11.5 Å². The van der Waals surface area contributed by atoms with Gasteiger partial charge in [-0.2, -0.15) is 0 Å². The summed E-state index contributed by atoms with van der Waals surface area (Å²) < 4.78 is 5.13. The molecule has 1 aliphatic heterocycles. The molecule has 1 unspecified atom stereocenters. The van der Waals surface area contributed by atoms with E-state index in [2.05, 4.69) is 19.9 Å². The Kier molecular flexibility index (Phi) is 4.25. The zero-order chi connectivity index (χ0) is 13.8. The van der Waals surface area contributed by atoms with E-state index in [0.29, 0.717) is 30.0 Å². The number of nitrogens with two attached hydrogens (primary N) is 2. The molecule has 3 rings (SSSR count). The van der Waals surface area contributed by atoms with Crippen molar-refractivity contribution in [3.63, 3.8) is 0 Å². The topological polar surface area (TPSA) is 136 Å². The fourth-order valence-electron chi connectivity index (χ4n) is 1.74. The molecule has 0 spiro atoms. The number of nitrogens with zero attached hydrogens (tertiary/aromatic N) is 3. The van der Waals surface area contributed by atoms with Crippen LogP contribution in [0.15, 0.2) is 12.7 Å². The Morgan fingerprint density at radius 2 is 2.21 bits per heavy atom. The molecule has 3 atom stereocenters. The van der Waals surface area contributed by atoms with Crippen LogP contribution < -0.4 is 11.5 Å². The molecular formula is C11H18N6O2. The van der Waals surface area contributed by atoms with Crippen LogP contribution in [0.4, 0.5) is 5.82 Å². The number of rotatable bonds is 0. The van der Waals surface area contributed by atoms with Crippen LogP contribution in [0.5, 0.6) is 0 Å². The normalized spacial score (nSPS) is 26.8. The van der Waals surface area contributed by atoms with Gasteiger partial charge >= 0.3 is 0 Å². The summed E-state index contributed by atoms with van der Waals surface area (Å²) in [6, 6.07) is 0.00810. The summed E-state index contributed by atoms with van der Waals surface area (Å²) in [5.74, 6) is 0.433. The highest BCUT2D eigenvalue weighted by Crippen LogP contribution is 2.11. The third-order valence-electron chi connectivity index (χ3n) is 2.95. The Bertz CT molecular complexity index is 531. The minimum absolute atomic E-state index is 0.00810. The Balaban J connectivity index is 0.000000141. The monoisotopic (exact) mass is 266 g/mol. The Morgan fingerprint density at radius 3 is 2.84 bits per heavy atom. The Labute approximate surface area is 110 Å². The zero-order valence-corrected chi connectivity index (χ0v) is 10.7. The van der Waals surface area contributed by atoms with E-state index in [1.54, 1.807) is 0 Å². The predicted molar refractivity (Wildman–Crippen MR) is 70.1 cm³/mol. The molecule has 1 fully saturated rings. The minimum atomic E-state index is -0.351. The SMILES string of the molecule is C[C@@H]1OC[C@H](O)CC1N.Nc1ncnc2nc[nH]c12. The molecule has 19 heavy (non-hydrogen) atoms. The number of nitrogens with one attached hydrogen (secondary N) is 1. The van der Waals surface area contributed by atoms with Gasteiger partial charge in [0.2, 0.25) is 0 Å². The van der Waals surface area contributed by atoms with Gasteiger partial charge in [-0.15, -0.1) is 0 Å². The van der Waals surface area contributed by atoms with E-state index in [1.807, 2.05) is 6.92 Å². The summed E-state index contributed by atoms with van der Waals surface area (Å²) in [7, 11) is 0. The molecule has 8 nitrogen and oxygen atoms in total. The lowest BCUT2D eigenvalue weighted by molar-refractivity contribution is -0.0584. The number of aliphatic hydroxyl groups excluding tert-OH is 1. The van der Waals surface area contributed by atoms with Gasteiger partial charge in [0.05, 0.1) is 25.1 Å². The van der Waals surface area contributed by atoms with Crippen LogP contribution in [-0.4, -0.2) is 49.9 Å². The third-order valence-corrected chi connectivity index (χ3v) is 2.95. The highest BCUT2D eigenvalue weighted by atomic mass is 16.5. The molecule has 3 heterocycles. The molecule has 6 N–H and O–H groups in total. The first-order chi connectivity index (χ1) is 9.08. The molecular weight excluding hydrogens is 248 g/mol. The van der Waals surface area contributed by atoms with Crippen molar-refractivity contribution in [1.29, 1.82) is 0 Å². The number of H-pyrrole nitrogens is 1. The van der Waals surface area contributed by atoms with E-state index in [1.165, 1.54) is 12.7 Å². The molecule has 1 saturated heterocycles. The van der Waals surface area contributed by atoms with E-state index in [0.717, 1.165) is 0 Å². The van der Waals surface area contributed by atoms with Crippen molar-refractivity contribution in [1.82, 2.24) is 19.9 Å². The number of aliphatic hydroxyl groups is 1. The number of aromatic nitrogens is 4. The average molecular weight is 266 g/mol. The summed E-state index contributed by atoms with van der Waals surface area (Å²) in [6.07, 6.45) is 3.35. The smallest absolute Gasteiger partial charge is 0.182 e. The molecule has 104 valence electrons. The molecule has 0 radical (unpaired) electrons. The second kappa shape index (κ2) is 5.91. The van der Waals surface area contributed by atoms with E-state index in [4.69, 9.17) is 21.3 Å². The van der Waals surface area contributed by atoms with Crippen LogP contribution in [0.3, 0.4) is 0 Å². The number of fused-ring (bicyclic) bond motifs is 1. The van der Waals surface area contributed by atoms with Crippen molar-refractivity contribution >= 4 is 17.0 Å². The number of anilines is 1. The molecule has 0 aliphatic carbocycles. The van der Waals surface area contributed by atoms with Crippen molar-refractivity contribution < 1.29 is 9.84 Å². The number of hydrogen-bond donors (Lipinski definition) is 4. The Morgan fingerprint density at radius 1 is 1.42 bits per heavy atom. The molecule has 8 heteroatoms. The van der Waals surface area contributed by atoms with Crippen LogP contribution in [0.2, 0.25) is 0 Å². The first-order valence-corrected chi connectivity index (χ1v) is 6.02. The van der Waals surface area contributed by atoms with Gasteiger partial charge in [0, 0.05) is 6.04 Å². The summed E-state index contributed by atoms with van der Waals surface area (Å²) in [6.45, 7) is 2.37. The maximum atomic E-state index is 8.99. The van der Waals surface area contributed by atoms with Gasteiger partial charge in [-0.05, 0) is 13.3 Å². The summed E-state index contributed by atoms with van der Waals surface area (Å²) in [4.78, 5) is 14.4. The van der Waals surface area contributed by atoms with Crippen LogP contribution in [-0.2, 0) is 4.74 Å². The van der Waals surface area contributed by atoms with Gasteiger partial charge in [-0.1, -0.05) is 0 Å². The molecule has 0 amide bonds. The zero-order valence-electron chi connectivity index (χ0n) is 10.7. The fourth-order valence-corrected chi connectivity index (χ4v) is 1.74. The van der Waals surface area contributed by atoms with Crippen molar-refractivity contribution in [2.24, 2.45) is 5.73 Å². The van der Waals surface area contributed by atoms with Gasteiger partial charge in [-0.3, -0.25) is 0 Å². The van der Waals surface area contributed by atoms with Crippen molar-refractivity contribution in [2.75, 3.05) is 12.3 Å². The number of aromatic amines is 1. The van der Waals surface area contributed by atoms with Gasteiger partial charge in [-0.25, -0.2) is 15.0 Å². The lowest BCUT2D eigenvalue weighted by Crippen LogP contribution is -2.44. The van der Waals surface area contributed by atoms with Gasteiger partial charge in [0.25, 0.3) is 0 Å². The van der Waals surface area contributed by atoms with Crippen molar-refractivity contribution in [2.45, 2.75) is 31.6 Å². The lowest BCUT2D eigenvalue weighted by atomic mass is 10.0. The summed E-state index contributed by atoms with van der Waals surface area (Å²) in [5, 5.41) is 8.99. The Hall–Kier alpha value is -1.77. The number of ether oxygens (including phenoxy) is 1. The van der Waals surface area contributed by atoms with Gasteiger partial charge < -0.3 is 26.3 Å². The molecule has 2 aromatic rings. The van der Waals surface area contributed by atoms with Crippen molar-refractivity contribution in [3.05, 3.63) is 12.7 Å². The van der Waals surface area contributed by atoms with E-state index in [9.17, 15) is 0 Å².